The molecule has 0 saturated heterocycles. The molecular formula is C6H10Br2. The molecule has 0 fully saturated rings. The summed E-state index contributed by atoms with van der Waals surface area (Å²) in [6.45, 7) is 4.18. The fourth-order valence-electron chi connectivity index (χ4n) is 0.306. The van der Waals surface area contributed by atoms with Crippen molar-refractivity contribution in [3.8, 4) is 0 Å². The molecule has 0 rings (SSSR count). The first-order chi connectivity index (χ1) is 3.63. The van der Waals surface area contributed by atoms with E-state index in [4.69, 9.17) is 0 Å². The Labute approximate surface area is 67.6 Å². The molecule has 0 amide bonds. The zero-order valence-corrected chi connectivity index (χ0v) is 8.24. The Hall–Kier alpha value is 0.700. The highest BCUT2D eigenvalue weighted by atomic mass is 79.9. The molecule has 2 atom stereocenters. The Bertz CT molecular complexity index is 64.6. The lowest BCUT2D eigenvalue weighted by atomic mass is 10.3. The fraction of sp³-hybridized carbons (Fsp3) is 0.667. The van der Waals surface area contributed by atoms with E-state index in [1.165, 1.54) is 0 Å². The minimum absolute atomic E-state index is 0.488. The number of hydrogen-bond acceptors (Lipinski definition) is 0. The highest BCUT2D eigenvalue weighted by Gasteiger charge is 1.87. The second-order valence-corrected chi connectivity index (χ2v) is 4.63. The van der Waals surface area contributed by atoms with Gasteiger partial charge in [-0.2, -0.15) is 0 Å². The summed E-state index contributed by atoms with van der Waals surface area (Å²) < 4.78 is 0. The van der Waals surface area contributed by atoms with Gasteiger partial charge in [0.1, 0.15) is 0 Å². The van der Waals surface area contributed by atoms with Gasteiger partial charge in [-0.1, -0.05) is 44.0 Å². The first-order valence-corrected chi connectivity index (χ1v) is 4.42. The van der Waals surface area contributed by atoms with E-state index in [-0.39, 0.29) is 0 Å². The zero-order chi connectivity index (χ0) is 6.57. The molecule has 0 saturated carbocycles. The van der Waals surface area contributed by atoms with E-state index in [9.17, 15) is 0 Å². The van der Waals surface area contributed by atoms with Gasteiger partial charge in [0.25, 0.3) is 0 Å². The molecular weight excluding hydrogens is 232 g/mol. The average Bonchev–Trinajstić information content (AvgIpc) is 1.61. The van der Waals surface area contributed by atoms with E-state index >= 15 is 0 Å². The van der Waals surface area contributed by atoms with E-state index in [0.29, 0.717) is 9.65 Å². The standard InChI is InChI=1S/C6H10Br2/c1-5(7)3-4-6(2)8/h3-6H,1-2H3. The van der Waals surface area contributed by atoms with Crippen LogP contribution >= 0.6 is 31.9 Å². The van der Waals surface area contributed by atoms with Crippen molar-refractivity contribution in [1.29, 1.82) is 0 Å². The van der Waals surface area contributed by atoms with Crippen molar-refractivity contribution in [2.24, 2.45) is 0 Å². The van der Waals surface area contributed by atoms with Gasteiger partial charge in [-0.3, -0.25) is 0 Å². The Morgan fingerprint density at radius 1 is 1.00 bits per heavy atom. The van der Waals surface area contributed by atoms with Crippen molar-refractivity contribution < 1.29 is 0 Å². The monoisotopic (exact) mass is 240 g/mol. The van der Waals surface area contributed by atoms with Gasteiger partial charge >= 0.3 is 0 Å². The molecule has 2 heteroatoms. The second kappa shape index (κ2) is 4.57. The normalized spacial score (nSPS) is 19.0. The molecule has 8 heavy (non-hydrogen) atoms. The first kappa shape index (κ1) is 8.70. The summed E-state index contributed by atoms with van der Waals surface area (Å²) in [7, 11) is 0. The number of hydrogen-bond donors (Lipinski definition) is 0. The Kier molecular flexibility index (Phi) is 4.97. The molecule has 0 N–H and O–H groups in total. The average molecular weight is 242 g/mol. The number of allylic oxidation sites excluding steroid dienone is 2. The molecule has 0 aromatic carbocycles. The molecule has 0 bridgehead atoms. The maximum Gasteiger partial charge on any atom is 0.0297 e. The van der Waals surface area contributed by atoms with Gasteiger partial charge in [0.05, 0.1) is 0 Å². The van der Waals surface area contributed by atoms with Gasteiger partial charge in [0.15, 0.2) is 0 Å². The maximum atomic E-state index is 3.40. The van der Waals surface area contributed by atoms with E-state index in [1.807, 2.05) is 0 Å². The Morgan fingerprint density at radius 3 is 1.38 bits per heavy atom. The predicted molar refractivity (Wildman–Crippen MR) is 45.9 cm³/mol. The lowest BCUT2D eigenvalue weighted by Gasteiger charge is -1.92. The van der Waals surface area contributed by atoms with E-state index in [1.54, 1.807) is 0 Å². The van der Waals surface area contributed by atoms with Crippen molar-refractivity contribution in [3.05, 3.63) is 12.2 Å². The summed E-state index contributed by atoms with van der Waals surface area (Å²) in [6, 6.07) is 0. The zero-order valence-electron chi connectivity index (χ0n) is 5.07. The van der Waals surface area contributed by atoms with Crippen LogP contribution in [0, 0.1) is 0 Å². The van der Waals surface area contributed by atoms with Crippen LogP contribution in [0.1, 0.15) is 13.8 Å². The third-order valence-electron chi connectivity index (χ3n) is 0.641. The number of alkyl halides is 2. The van der Waals surface area contributed by atoms with Crippen LogP contribution in [0.2, 0.25) is 0 Å². The van der Waals surface area contributed by atoms with Crippen LogP contribution in [-0.2, 0) is 0 Å². The SMILES string of the molecule is CC(Br)C=CC(C)Br. The smallest absolute Gasteiger partial charge is 0.0297 e. The van der Waals surface area contributed by atoms with Crippen molar-refractivity contribution in [2.45, 2.75) is 23.5 Å². The van der Waals surface area contributed by atoms with Gasteiger partial charge in [0.2, 0.25) is 0 Å². The van der Waals surface area contributed by atoms with Gasteiger partial charge < -0.3 is 0 Å². The highest BCUT2D eigenvalue weighted by Crippen LogP contribution is 2.03. The molecule has 0 aromatic heterocycles. The van der Waals surface area contributed by atoms with Crippen molar-refractivity contribution in [3.63, 3.8) is 0 Å². The third-order valence-corrected chi connectivity index (χ3v) is 1.25. The quantitative estimate of drug-likeness (QED) is 0.515. The fourth-order valence-corrected chi connectivity index (χ4v) is 0.659. The highest BCUT2D eigenvalue weighted by molar-refractivity contribution is 9.10. The van der Waals surface area contributed by atoms with Crippen LogP contribution < -0.4 is 0 Å². The minimum Gasteiger partial charge on any atom is -0.0848 e. The number of rotatable bonds is 2. The van der Waals surface area contributed by atoms with E-state index in [2.05, 4.69) is 57.9 Å². The summed E-state index contributed by atoms with van der Waals surface area (Å²) in [5.41, 5.74) is 0. The Morgan fingerprint density at radius 2 is 1.25 bits per heavy atom. The van der Waals surface area contributed by atoms with Gasteiger partial charge in [-0.25, -0.2) is 0 Å². The molecule has 0 aliphatic heterocycles. The van der Waals surface area contributed by atoms with E-state index in [0.717, 1.165) is 0 Å². The van der Waals surface area contributed by atoms with Crippen LogP contribution in [0.5, 0.6) is 0 Å². The maximum absolute atomic E-state index is 3.40. The molecule has 48 valence electrons. The molecule has 2 unspecified atom stereocenters. The van der Waals surface area contributed by atoms with Gasteiger partial charge in [-0.15, -0.1) is 0 Å². The van der Waals surface area contributed by atoms with Crippen LogP contribution in [0.25, 0.3) is 0 Å². The molecule has 0 nitrogen and oxygen atoms in total. The largest absolute Gasteiger partial charge is 0.0848 e. The van der Waals surface area contributed by atoms with Crippen molar-refractivity contribution in [1.82, 2.24) is 0 Å². The first-order valence-electron chi connectivity index (χ1n) is 2.59. The van der Waals surface area contributed by atoms with Crippen molar-refractivity contribution in [2.75, 3.05) is 0 Å². The van der Waals surface area contributed by atoms with Crippen LogP contribution in [0.15, 0.2) is 12.2 Å². The molecule has 0 aliphatic rings. The number of halogens is 2. The molecule has 0 aliphatic carbocycles. The van der Waals surface area contributed by atoms with E-state index < -0.39 is 0 Å². The summed E-state index contributed by atoms with van der Waals surface area (Å²) >= 11 is 6.79. The molecule has 0 heterocycles. The summed E-state index contributed by atoms with van der Waals surface area (Å²) in [6.07, 6.45) is 4.22. The Balaban J connectivity index is 3.34. The van der Waals surface area contributed by atoms with Crippen molar-refractivity contribution >= 4 is 31.9 Å². The summed E-state index contributed by atoms with van der Waals surface area (Å²) in [5.74, 6) is 0. The summed E-state index contributed by atoms with van der Waals surface area (Å²) in [4.78, 5) is 0.977. The lowest BCUT2D eigenvalue weighted by molar-refractivity contribution is 1.21. The minimum atomic E-state index is 0.488. The van der Waals surface area contributed by atoms with Gasteiger partial charge in [-0.05, 0) is 13.8 Å². The predicted octanol–water partition coefficient (Wildman–Crippen LogP) is 3.11. The van der Waals surface area contributed by atoms with Crippen LogP contribution in [0.3, 0.4) is 0 Å². The molecule has 0 aromatic rings. The summed E-state index contributed by atoms with van der Waals surface area (Å²) in [5, 5.41) is 0. The lowest BCUT2D eigenvalue weighted by Crippen LogP contribution is -1.85. The topological polar surface area (TPSA) is 0 Å². The van der Waals surface area contributed by atoms with Crippen LogP contribution in [-0.4, -0.2) is 9.65 Å². The second-order valence-electron chi connectivity index (χ2n) is 1.74. The third kappa shape index (κ3) is 6.70. The molecule has 0 spiro atoms. The molecule has 0 radical (unpaired) electrons. The van der Waals surface area contributed by atoms with Gasteiger partial charge in [0, 0.05) is 9.65 Å². The van der Waals surface area contributed by atoms with Crippen LogP contribution in [0.4, 0.5) is 0 Å².